The lowest BCUT2D eigenvalue weighted by Crippen LogP contribution is -2.37. The van der Waals surface area contributed by atoms with Gasteiger partial charge in [-0.1, -0.05) is 18.9 Å². The molecule has 1 unspecified atom stereocenters. The Kier molecular flexibility index (Phi) is 4.39. The highest BCUT2D eigenvalue weighted by Gasteiger charge is 2.28. The summed E-state index contributed by atoms with van der Waals surface area (Å²) < 4.78 is 28.1. The van der Waals surface area contributed by atoms with Crippen molar-refractivity contribution < 1.29 is 8.42 Å². The van der Waals surface area contributed by atoms with Crippen LogP contribution >= 0.6 is 0 Å². The van der Waals surface area contributed by atoms with Crippen molar-refractivity contribution in [3.05, 3.63) is 23.3 Å². The first-order chi connectivity index (χ1) is 9.33. The average Bonchev–Trinajstić information content (AvgIpc) is 2.87. The maximum absolute atomic E-state index is 12.6. The van der Waals surface area contributed by atoms with Gasteiger partial charge in [-0.05, 0) is 56.7 Å². The van der Waals surface area contributed by atoms with Crippen molar-refractivity contribution in [2.75, 3.05) is 5.73 Å². The molecular formula is C15H24N2O2S. The molecule has 1 saturated carbocycles. The first kappa shape index (κ1) is 15.3. The summed E-state index contributed by atoms with van der Waals surface area (Å²) in [5, 5.41) is 0. The summed E-state index contributed by atoms with van der Waals surface area (Å²) in [6.07, 6.45) is 4.62. The lowest BCUT2D eigenvalue weighted by Gasteiger charge is -2.22. The summed E-state index contributed by atoms with van der Waals surface area (Å²) in [6, 6.07) is 3.49. The Balaban J connectivity index is 2.29. The number of nitrogen functional groups attached to an aromatic ring is 1. The second kappa shape index (κ2) is 5.74. The molecule has 3 N–H and O–H groups in total. The predicted octanol–water partition coefficient (Wildman–Crippen LogP) is 2.74. The fourth-order valence-electron chi connectivity index (χ4n) is 3.11. The van der Waals surface area contributed by atoms with Crippen molar-refractivity contribution in [2.24, 2.45) is 5.92 Å². The summed E-state index contributed by atoms with van der Waals surface area (Å²) in [4.78, 5) is 0.336. The molecule has 1 fully saturated rings. The Morgan fingerprint density at radius 1 is 1.25 bits per heavy atom. The smallest absolute Gasteiger partial charge is 0.241 e. The van der Waals surface area contributed by atoms with E-state index in [0.29, 0.717) is 22.1 Å². The maximum atomic E-state index is 12.6. The van der Waals surface area contributed by atoms with E-state index < -0.39 is 10.0 Å². The fourth-order valence-corrected chi connectivity index (χ4v) is 4.93. The standard InChI is InChI=1S/C15H24N2O2S/c1-10-8-9-14(16)11(2)15(10)20(18,19)17-12(3)13-6-4-5-7-13/h8-9,12-13,17H,4-7,16H2,1-3H3. The van der Waals surface area contributed by atoms with Crippen LogP contribution in [0.15, 0.2) is 17.0 Å². The number of benzene rings is 1. The largest absolute Gasteiger partial charge is 0.398 e. The number of sulfonamides is 1. The van der Waals surface area contributed by atoms with Gasteiger partial charge in [-0.3, -0.25) is 0 Å². The molecule has 0 heterocycles. The highest BCUT2D eigenvalue weighted by Crippen LogP contribution is 2.30. The van der Waals surface area contributed by atoms with E-state index in [9.17, 15) is 8.42 Å². The zero-order chi connectivity index (χ0) is 14.9. The van der Waals surface area contributed by atoms with Crippen LogP contribution in [-0.4, -0.2) is 14.5 Å². The van der Waals surface area contributed by atoms with Crippen molar-refractivity contribution in [3.8, 4) is 0 Å². The van der Waals surface area contributed by atoms with E-state index >= 15 is 0 Å². The van der Waals surface area contributed by atoms with Gasteiger partial charge in [0, 0.05) is 11.7 Å². The third kappa shape index (κ3) is 2.99. The van der Waals surface area contributed by atoms with Gasteiger partial charge in [0.2, 0.25) is 10.0 Å². The predicted molar refractivity (Wildman–Crippen MR) is 82.1 cm³/mol. The van der Waals surface area contributed by atoms with Gasteiger partial charge in [-0.15, -0.1) is 0 Å². The van der Waals surface area contributed by atoms with Gasteiger partial charge in [0.1, 0.15) is 0 Å². The van der Waals surface area contributed by atoms with Crippen LogP contribution in [0.2, 0.25) is 0 Å². The SMILES string of the molecule is Cc1ccc(N)c(C)c1S(=O)(=O)NC(C)C1CCCC1. The van der Waals surface area contributed by atoms with Crippen LogP contribution < -0.4 is 10.5 Å². The Morgan fingerprint density at radius 3 is 2.45 bits per heavy atom. The highest BCUT2D eigenvalue weighted by atomic mass is 32.2. The van der Waals surface area contributed by atoms with E-state index in [-0.39, 0.29) is 6.04 Å². The van der Waals surface area contributed by atoms with Crippen molar-refractivity contribution in [1.82, 2.24) is 4.72 Å². The second-order valence-corrected chi connectivity index (χ2v) is 7.53. The molecule has 5 heteroatoms. The van der Waals surface area contributed by atoms with E-state index in [2.05, 4.69) is 4.72 Å². The average molecular weight is 296 g/mol. The first-order valence-corrected chi connectivity index (χ1v) is 8.69. The normalized spacial score (nSPS) is 18.4. The number of hydrogen-bond donors (Lipinski definition) is 2. The van der Waals surface area contributed by atoms with Crippen LogP contribution in [0.1, 0.15) is 43.7 Å². The van der Waals surface area contributed by atoms with Crippen LogP contribution in [0.25, 0.3) is 0 Å². The number of aryl methyl sites for hydroxylation is 1. The van der Waals surface area contributed by atoms with E-state index in [0.717, 1.165) is 18.4 Å². The van der Waals surface area contributed by atoms with Gasteiger partial charge in [-0.25, -0.2) is 13.1 Å². The molecule has 2 rings (SSSR count). The van der Waals surface area contributed by atoms with Crippen molar-refractivity contribution in [2.45, 2.75) is 57.4 Å². The summed E-state index contributed by atoms with van der Waals surface area (Å²) in [6.45, 7) is 5.53. The summed E-state index contributed by atoms with van der Waals surface area (Å²) in [7, 11) is -3.51. The van der Waals surface area contributed by atoms with Gasteiger partial charge in [0.15, 0.2) is 0 Å². The Bertz CT molecular complexity index is 590. The molecule has 1 atom stereocenters. The minimum absolute atomic E-state index is 0.0252. The van der Waals surface area contributed by atoms with E-state index in [1.165, 1.54) is 12.8 Å². The number of hydrogen-bond acceptors (Lipinski definition) is 3. The van der Waals surface area contributed by atoms with Crippen molar-refractivity contribution in [3.63, 3.8) is 0 Å². The third-order valence-corrected chi connectivity index (χ3v) is 6.21. The molecule has 4 nitrogen and oxygen atoms in total. The van der Waals surface area contributed by atoms with E-state index in [1.807, 2.05) is 6.92 Å². The van der Waals surface area contributed by atoms with Gasteiger partial charge in [-0.2, -0.15) is 0 Å². The van der Waals surface area contributed by atoms with Gasteiger partial charge >= 0.3 is 0 Å². The Hall–Kier alpha value is -1.07. The lowest BCUT2D eigenvalue weighted by atomic mass is 10.0. The number of rotatable bonds is 4. The minimum atomic E-state index is -3.51. The van der Waals surface area contributed by atoms with Crippen molar-refractivity contribution >= 4 is 15.7 Å². The van der Waals surface area contributed by atoms with Crippen LogP contribution in [0.3, 0.4) is 0 Å². The van der Waals surface area contributed by atoms with Crippen LogP contribution in [0.4, 0.5) is 5.69 Å². The Morgan fingerprint density at radius 2 is 1.85 bits per heavy atom. The summed E-state index contributed by atoms with van der Waals surface area (Å²) >= 11 is 0. The van der Waals surface area contributed by atoms with Crippen LogP contribution in [-0.2, 0) is 10.0 Å². The first-order valence-electron chi connectivity index (χ1n) is 7.21. The molecule has 20 heavy (non-hydrogen) atoms. The molecule has 0 radical (unpaired) electrons. The molecule has 1 aromatic rings. The van der Waals surface area contributed by atoms with Gasteiger partial charge in [0.05, 0.1) is 4.90 Å². The third-order valence-electron chi connectivity index (χ3n) is 4.36. The minimum Gasteiger partial charge on any atom is -0.398 e. The lowest BCUT2D eigenvalue weighted by molar-refractivity contribution is 0.424. The molecule has 112 valence electrons. The van der Waals surface area contributed by atoms with Gasteiger partial charge in [0.25, 0.3) is 0 Å². The fraction of sp³-hybridized carbons (Fsp3) is 0.600. The van der Waals surface area contributed by atoms with E-state index in [1.54, 1.807) is 26.0 Å². The maximum Gasteiger partial charge on any atom is 0.241 e. The molecule has 0 aliphatic heterocycles. The molecule has 0 spiro atoms. The number of nitrogens with two attached hydrogens (primary N) is 1. The quantitative estimate of drug-likeness (QED) is 0.839. The van der Waals surface area contributed by atoms with E-state index in [4.69, 9.17) is 5.73 Å². The Labute approximate surface area is 121 Å². The summed E-state index contributed by atoms with van der Waals surface area (Å²) in [5.74, 6) is 0.450. The highest BCUT2D eigenvalue weighted by molar-refractivity contribution is 7.89. The molecular weight excluding hydrogens is 272 g/mol. The van der Waals surface area contributed by atoms with Crippen molar-refractivity contribution in [1.29, 1.82) is 0 Å². The van der Waals surface area contributed by atoms with Crippen LogP contribution in [0.5, 0.6) is 0 Å². The molecule has 0 amide bonds. The topological polar surface area (TPSA) is 72.2 Å². The van der Waals surface area contributed by atoms with Crippen LogP contribution in [0, 0.1) is 19.8 Å². The summed E-state index contributed by atoms with van der Waals surface area (Å²) in [5.41, 5.74) is 7.74. The molecule has 0 bridgehead atoms. The number of nitrogens with one attached hydrogen (secondary N) is 1. The van der Waals surface area contributed by atoms with Gasteiger partial charge < -0.3 is 5.73 Å². The zero-order valence-corrected chi connectivity index (χ0v) is 13.3. The molecule has 1 aliphatic rings. The molecule has 0 saturated heterocycles. The molecule has 1 aliphatic carbocycles. The zero-order valence-electron chi connectivity index (χ0n) is 12.4. The molecule has 1 aromatic carbocycles. The number of anilines is 1. The second-order valence-electron chi connectivity index (χ2n) is 5.88. The monoisotopic (exact) mass is 296 g/mol. The molecule has 0 aromatic heterocycles.